The minimum Gasteiger partial charge on any atom is -0.387 e. The van der Waals surface area contributed by atoms with E-state index in [9.17, 15) is 23.9 Å². The number of carbonyl (C=O) groups excluding carboxylic acids is 3. The van der Waals surface area contributed by atoms with Crippen molar-refractivity contribution in [1.29, 1.82) is 0 Å². The van der Waals surface area contributed by atoms with Crippen LogP contribution in [0.4, 0.5) is 4.39 Å². The highest BCUT2D eigenvalue weighted by Gasteiger charge is 2.46. The molecule has 1 aliphatic heterocycles. The summed E-state index contributed by atoms with van der Waals surface area (Å²) in [7, 11) is 0. The zero-order valence-electron chi connectivity index (χ0n) is 11.9. The average molecular weight is 305 g/mol. The lowest BCUT2D eigenvalue weighted by Gasteiger charge is -2.30. The molecule has 0 aromatic heterocycles. The minimum atomic E-state index is -2.21. The van der Waals surface area contributed by atoms with Gasteiger partial charge in [0.15, 0.2) is 0 Å². The van der Waals surface area contributed by atoms with Gasteiger partial charge in [0.1, 0.15) is 11.9 Å². The molecule has 1 saturated carbocycles. The monoisotopic (exact) mass is 305 g/mol. The number of carbonyl (C=O) groups is 3. The molecule has 6 heteroatoms. The molecule has 1 fully saturated rings. The van der Waals surface area contributed by atoms with E-state index in [1.165, 1.54) is 12.1 Å². The summed E-state index contributed by atoms with van der Waals surface area (Å²) in [6, 6.07) is 6.06. The van der Waals surface area contributed by atoms with E-state index in [4.69, 9.17) is 0 Å². The van der Waals surface area contributed by atoms with Crippen molar-refractivity contribution < 1.29 is 23.9 Å². The maximum Gasteiger partial charge on any atom is 0.264 e. The Hall–Kier alpha value is -2.08. The van der Waals surface area contributed by atoms with Crippen LogP contribution in [0.2, 0.25) is 0 Å². The van der Waals surface area contributed by atoms with Gasteiger partial charge in [0.25, 0.3) is 11.8 Å². The number of imide groups is 1. The van der Waals surface area contributed by atoms with Gasteiger partial charge in [-0.2, -0.15) is 0 Å². The molecule has 116 valence electrons. The van der Waals surface area contributed by atoms with Crippen LogP contribution in [0.25, 0.3) is 0 Å². The number of ketones is 1. The standard InChI is InChI=1S/C16H16FNO4/c17-14(13(20)11-7-3-4-8-12(11)19)18-15(21)9-5-1-2-6-10(9)16(18)22/h1-2,5-6,11,13-14,20H,3-4,7-8H2/t11?,13-,14?/m1/s1. The third-order valence-corrected chi connectivity index (χ3v) is 4.37. The van der Waals surface area contributed by atoms with Gasteiger partial charge in [0.2, 0.25) is 6.30 Å². The lowest BCUT2D eigenvalue weighted by atomic mass is 9.83. The average Bonchev–Trinajstić information content (AvgIpc) is 2.78. The number of benzene rings is 1. The van der Waals surface area contributed by atoms with E-state index in [1.807, 2.05) is 0 Å². The van der Waals surface area contributed by atoms with Crippen molar-refractivity contribution in [2.45, 2.75) is 38.1 Å². The van der Waals surface area contributed by atoms with Gasteiger partial charge in [-0.05, 0) is 25.0 Å². The highest BCUT2D eigenvalue weighted by Crippen LogP contribution is 2.31. The summed E-state index contributed by atoms with van der Waals surface area (Å²) in [4.78, 5) is 36.6. The van der Waals surface area contributed by atoms with E-state index < -0.39 is 30.1 Å². The molecule has 3 rings (SSSR count). The lowest BCUT2D eigenvalue weighted by molar-refractivity contribution is -0.132. The molecule has 22 heavy (non-hydrogen) atoms. The van der Waals surface area contributed by atoms with Crippen molar-refractivity contribution in [1.82, 2.24) is 4.90 Å². The van der Waals surface area contributed by atoms with Gasteiger partial charge >= 0.3 is 0 Å². The Morgan fingerprint density at radius 3 is 2.23 bits per heavy atom. The second-order valence-corrected chi connectivity index (χ2v) is 5.71. The third-order valence-electron chi connectivity index (χ3n) is 4.37. The van der Waals surface area contributed by atoms with Crippen LogP contribution >= 0.6 is 0 Å². The third kappa shape index (κ3) is 2.23. The zero-order chi connectivity index (χ0) is 15.9. The fourth-order valence-corrected chi connectivity index (χ4v) is 3.15. The summed E-state index contributed by atoms with van der Waals surface area (Å²) in [6.07, 6.45) is -1.75. The summed E-state index contributed by atoms with van der Waals surface area (Å²) >= 11 is 0. The highest BCUT2D eigenvalue weighted by molar-refractivity contribution is 6.21. The number of amides is 2. The summed E-state index contributed by atoms with van der Waals surface area (Å²) in [5.74, 6) is -2.60. The van der Waals surface area contributed by atoms with E-state index in [-0.39, 0.29) is 16.9 Å². The van der Waals surface area contributed by atoms with Gasteiger partial charge in [-0.25, -0.2) is 9.29 Å². The minimum absolute atomic E-state index is 0.123. The Labute approximate surface area is 126 Å². The number of aliphatic hydroxyl groups excluding tert-OH is 1. The molecule has 1 heterocycles. The number of hydrogen-bond acceptors (Lipinski definition) is 4. The molecule has 0 bridgehead atoms. The number of nitrogens with zero attached hydrogens (tertiary/aromatic N) is 1. The molecule has 1 aliphatic carbocycles. The zero-order valence-corrected chi connectivity index (χ0v) is 11.9. The predicted octanol–water partition coefficient (Wildman–Crippen LogP) is 1.70. The second kappa shape index (κ2) is 5.61. The molecule has 0 spiro atoms. The van der Waals surface area contributed by atoms with Gasteiger partial charge < -0.3 is 5.11 Å². The fourth-order valence-electron chi connectivity index (χ4n) is 3.15. The Morgan fingerprint density at radius 2 is 1.68 bits per heavy atom. The molecule has 0 radical (unpaired) electrons. The van der Waals surface area contributed by atoms with E-state index in [1.54, 1.807) is 12.1 Å². The van der Waals surface area contributed by atoms with E-state index in [0.717, 1.165) is 12.8 Å². The molecule has 0 saturated heterocycles. The van der Waals surface area contributed by atoms with Crippen molar-refractivity contribution in [3.05, 3.63) is 35.4 Å². The summed E-state index contributed by atoms with van der Waals surface area (Å²) in [5, 5.41) is 10.1. The van der Waals surface area contributed by atoms with E-state index in [2.05, 4.69) is 0 Å². The summed E-state index contributed by atoms with van der Waals surface area (Å²) < 4.78 is 14.6. The molecule has 1 N–H and O–H groups in total. The Balaban J connectivity index is 1.84. The first-order chi connectivity index (χ1) is 10.5. The topological polar surface area (TPSA) is 74.7 Å². The molecule has 1 aromatic rings. The first-order valence-electron chi connectivity index (χ1n) is 7.34. The maximum absolute atomic E-state index is 14.6. The lowest BCUT2D eigenvalue weighted by Crippen LogP contribution is -2.49. The van der Waals surface area contributed by atoms with Gasteiger partial charge in [-0.15, -0.1) is 0 Å². The molecule has 2 amide bonds. The summed E-state index contributed by atoms with van der Waals surface area (Å²) in [6.45, 7) is 0. The van der Waals surface area contributed by atoms with Gasteiger partial charge in [0.05, 0.1) is 11.1 Å². The van der Waals surface area contributed by atoms with Gasteiger partial charge in [-0.1, -0.05) is 18.6 Å². The molecule has 2 aliphatic rings. The Morgan fingerprint density at radius 1 is 1.09 bits per heavy atom. The van der Waals surface area contributed by atoms with Crippen LogP contribution < -0.4 is 0 Å². The van der Waals surface area contributed by atoms with Crippen molar-refractivity contribution in [2.24, 2.45) is 5.92 Å². The predicted molar refractivity (Wildman–Crippen MR) is 74.8 cm³/mol. The number of hydrogen-bond donors (Lipinski definition) is 1. The van der Waals surface area contributed by atoms with Crippen LogP contribution in [-0.4, -0.2) is 40.0 Å². The second-order valence-electron chi connectivity index (χ2n) is 5.71. The SMILES string of the molecule is O=C1CCCCC1[C@@H](O)C(F)N1C(=O)c2ccccc2C1=O. The number of Topliss-reactive ketones (excluding diaryl/α,β-unsaturated/α-hetero) is 1. The van der Waals surface area contributed by atoms with Crippen LogP contribution in [0.1, 0.15) is 46.4 Å². The molecular weight excluding hydrogens is 289 g/mol. The number of fused-ring (bicyclic) bond motifs is 1. The van der Waals surface area contributed by atoms with Crippen LogP contribution in [0, 0.1) is 5.92 Å². The van der Waals surface area contributed by atoms with Crippen LogP contribution in [-0.2, 0) is 4.79 Å². The quantitative estimate of drug-likeness (QED) is 0.681. The van der Waals surface area contributed by atoms with Crippen LogP contribution in [0.15, 0.2) is 24.3 Å². The molecule has 5 nitrogen and oxygen atoms in total. The Kier molecular flexibility index (Phi) is 3.78. The maximum atomic E-state index is 14.6. The molecule has 1 aromatic carbocycles. The molecular formula is C16H16FNO4. The molecule has 3 atom stereocenters. The summed E-state index contributed by atoms with van der Waals surface area (Å²) in [5.41, 5.74) is 0.245. The highest BCUT2D eigenvalue weighted by atomic mass is 19.1. The van der Waals surface area contributed by atoms with Crippen molar-refractivity contribution in [3.63, 3.8) is 0 Å². The molecule has 2 unspecified atom stereocenters. The van der Waals surface area contributed by atoms with E-state index >= 15 is 0 Å². The van der Waals surface area contributed by atoms with Gasteiger partial charge in [-0.3, -0.25) is 14.4 Å². The van der Waals surface area contributed by atoms with Crippen molar-refractivity contribution >= 4 is 17.6 Å². The first-order valence-corrected chi connectivity index (χ1v) is 7.34. The van der Waals surface area contributed by atoms with E-state index in [0.29, 0.717) is 17.7 Å². The number of halogens is 1. The van der Waals surface area contributed by atoms with Crippen molar-refractivity contribution in [2.75, 3.05) is 0 Å². The number of alkyl halides is 1. The normalized spacial score (nSPS) is 24.4. The first kappa shape index (κ1) is 14.8. The Bertz CT molecular complexity index is 610. The van der Waals surface area contributed by atoms with Crippen molar-refractivity contribution in [3.8, 4) is 0 Å². The number of aliphatic hydroxyl groups is 1. The number of rotatable bonds is 3. The smallest absolute Gasteiger partial charge is 0.264 e. The van der Waals surface area contributed by atoms with Crippen LogP contribution in [0.3, 0.4) is 0 Å². The van der Waals surface area contributed by atoms with Crippen LogP contribution in [0.5, 0.6) is 0 Å². The fraction of sp³-hybridized carbons (Fsp3) is 0.438. The largest absolute Gasteiger partial charge is 0.387 e. The van der Waals surface area contributed by atoms with Gasteiger partial charge in [0, 0.05) is 12.3 Å².